The number of carbonyl (C=O) groups is 1. The van der Waals surface area contributed by atoms with Crippen LogP contribution in [0.5, 0.6) is 0 Å². The summed E-state index contributed by atoms with van der Waals surface area (Å²) in [4.78, 5) is 21.5. The molecule has 2 aromatic carbocycles. The quantitative estimate of drug-likeness (QED) is 0.497. The maximum absolute atomic E-state index is 12.7. The third-order valence-corrected chi connectivity index (χ3v) is 4.33. The van der Waals surface area contributed by atoms with Gasteiger partial charge in [0, 0.05) is 22.5 Å². The van der Waals surface area contributed by atoms with E-state index in [1.165, 1.54) is 0 Å². The summed E-state index contributed by atoms with van der Waals surface area (Å²) < 4.78 is 0. The van der Waals surface area contributed by atoms with Gasteiger partial charge in [-0.25, -0.2) is 4.99 Å². The number of guanidine groups is 1. The van der Waals surface area contributed by atoms with Crippen molar-refractivity contribution >= 4 is 29.2 Å². The average molecular weight is 393 g/mol. The molecule has 0 aliphatic carbocycles. The molecule has 0 radical (unpaired) electrons. The summed E-state index contributed by atoms with van der Waals surface area (Å²) in [5, 5.41) is 6.63. The Labute approximate surface area is 169 Å². The van der Waals surface area contributed by atoms with Crippen molar-refractivity contribution in [3.8, 4) is 0 Å². The monoisotopic (exact) mass is 392 g/mol. The van der Waals surface area contributed by atoms with Gasteiger partial charge in [0.25, 0.3) is 5.91 Å². The molecule has 1 heterocycles. The van der Waals surface area contributed by atoms with Crippen molar-refractivity contribution in [3.63, 3.8) is 0 Å². The van der Waals surface area contributed by atoms with Crippen molar-refractivity contribution in [2.75, 3.05) is 5.32 Å². The van der Waals surface area contributed by atoms with E-state index in [1.54, 1.807) is 18.3 Å². The zero-order valence-electron chi connectivity index (χ0n) is 15.7. The second kappa shape index (κ2) is 9.15. The lowest BCUT2D eigenvalue weighted by Crippen LogP contribution is -2.36. The van der Waals surface area contributed by atoms with E-state index in [2.05, 4.69) is 20.6 Å². The molecular formula is C22H21ClN4O. The number of carbonyl (C=O) groups excluding carboxylic acids is 1. The van der Waals surface area contributed by atoms with Crippen LogP contribution in [0.2, 0.25) is 5.02 Å². The Bertz CT molecular complexity index is 1000. The second-order valence-corrected chi connectivity index (χ2v) is 6.83. The van der Waals surface area contributed by atoms with E-state index in [1.807, 2.05) is 62.4 Å². The molecule has 0 saturated carbocycles. The lowest BCUT2D eigenvalue weighted by Gasteiger charge is -2.14. The molecule has 6 heteroatoms. The number of nitrogens with zero attached hydrogens (tertiary/aromatic N) is 2. The van der Waals surface area contributed by atoms with Gasteiger partial charge in [-0.05, 0) is 55.8 Å². The van der Waals surface area contributed by atoms with Gasteiger partial charge in [0.05, 0.1) is 12.2 Å². The van der Waals surface area contributed by atoms with Crippen LogP contribution in [0.15, 0.2) is 71.9 Å². The summed E-state index contributed by atoms with van der Waals surface area (Å²) >= 11 is 6.12. The first-order chi connectivity index (χ1) is 13.5. The maximum atomic E-state index is 12.7. The molecule has 3 aromatic rings. The molecule has 3 rings (SSSR count). The Morgan fingerprint density at radius 2 is 1.93 bits per heavy atom. The smallest absolute Gasteiger partial charge is 0.257 e. The van der Waals surface area contributed by atoms with E-state index < -0.39 is 0 Å². The number of rotatable bonds is 4. The molecule has 0 atom stereocenters. The number of halogens is 1. The Hall–Kier alpha value is -3.18. The van der Waals surface area contributed by atoms with Gasteiger partial charge in [-0.1, -0.05) is 41.4 Å². The van der Waals surface area contributed by atoms with Gasteiger partial charge in [-0.15, -0.1) is 0 Å². The number of nitrogens with one attached hydrogen (secondary N) is 2. The summed E-state index contributed by atoms with van der Waals surface area (Å²) in [6, 6.07) is 18.5. The fraction of sp³-hybridized carbons (Fsp3) is 0.136. The molecule has 0 aliphatic rings. The van der Waals surface area contributed by atoms with Crippen molar-refractivity contribution in [2.24, 2.45) is 4.99 Å². The standard InChI is InChI=1S/C22H21ClN4O/c1-15-6-5-7-17(12-15)21(28)27-22(25-14-19-8-3-4-11-24-19)26-20-13-18(23)10-9-16(20)2/h3-13H,14H2,1-2H3,(H2,25,26,27,28). The number of amides is 1. The highest BCUT2D eigenvalue weighted by molar-refractivity contribution is 6.31. The molecule has 0 unspecified atom stereocenters. The highest BCUT2D eigenvalue weighted by Crippen LogP contribution is 2.20. The van der Waals surface area contributed by atoms with E-state index in [4.69, 9.17) is 11.6 Å². The molecule has 0 fully saturated rings. The Kier molecular flexibility index (Phi) is 6.40. The van der Waals surface area contributed by atoms with Gasteiger partial charge in [0.1, 0.15) is 0 Å². The minimum atomic E-state index is -0.240. The molecular weight excluding hydrogens is 372 g/mol. The van der Waals surface area contributed by atoms with Crippen LogP contribution in [0.3, 0.4) is 0 Å². The summed E-state index contributed by atoms with van der Waals surface area (Å²) in [6.07, 6.45) is 1.71. The van der Waals surface area contributed by atoms with E-state index in [0.29, 0.717) is 23.1 Å². The number of anilines is 1. The summed E-state index contributed by atoms with van der Waals surface area (Å²) in [6.45, 7) is 4.23. The molecule has 0 aliphatic heterocycles. The topological polar surface area (TPSA) is 66.4 Å². The normalized spacial score (nSPS) is 11.2. The van der Waals surface area contributed by atoms with E-state index >= 15 is 0 Å². The Morgan fingerprint density at radius 1 is 1.07 bits per heavy atom. The Morgan fingerprint density at radius 3 is 2.68 bits per heavy atom. The highest BCUT2D eigenvalue weighted by atomic mass is 35.5. The van der Waals surface area contributed by atoms with E-state index in [-0.39, 0.29) is 5.91 Å². The molecule has 5 nitrogen and oxygen atoms in total. The zero-order chi connectivity index (χ0) is 19.9. The predicted molar refractivity (Wildman–Crippen MR) is 114 cm³/mol. The van der Waals surface area contributed by atoms with Crippen molar-refractivity contribution < 1.29 is 4.79 Å². The number of pyridine rings is 1. The van der Waals surface area contributed by atoms with Crippen LogP contribution >= 0.6 is 11.6 Å². The third-order valence-electron chi connectivity index (χ3n) is 4.09. The largest absolute Gasteiger partial charge is 0.326 e. The molecule has 1 amide bonds. The molecule has 1 aromatic heterocycles. The minimum Gasteiger partial charge on any atom is -0.326 e. The van der Waals surface area contributed by atoms with Crippen molar-refractivity contribution in [1.29, 1.82) is 0 Å². The van der Waals surface area contributed by atoms with Gasteiger partial charge >= 0.3 is 0 Å². The van der Waals surface area contributed by atoms with Gasteiger partial charge in [0.15, 0.2) is 0 Å². The molecule has 0 bridgehead atoms. The molecule has 2 N–H and O–H groups in total. The van der Waals surface area contributed by atoms with E-state index in [9.17, 15) is 4.79 Å². The van der Waals surface area contributed by atoms with Crippen LogP contribution in [-0.2, 0) is 6.54 Å². The number of aromatic nitrogens is 1. The molecule has 142 valence electrons. The van der Waals surface area contributed by atoms with Crippen LogP contribution in [0.1, 0.15) is 27.2 Å². The van der Waals surface area contributed by atoms with Crippen LogP contribution in [0.25, 0.3) is 0 Å². The first kappa shape index (κ1) is 19.6. The average Bonchev–Trinajstić information content (AvgIpc) is 2.69. The van der Waals surface area contributed by atoms with Crippen molar-refractivity contribution in [2.45, 2.75) is 20.4 Å². The highest BCUT2D eigenvalue weighted by Gasteiger charge is 2.11. The van der Waals surface area contributed by atoms with Crippen molar-refractivity contribution in [1.82, 2.24) is 10.3 Å². The SMILES string of the molecule is Cc1cccc(C(=O)NC(=NCc2ccccn2)Nc2cc(Cl)ccc2C)c1. The zero-order valence-corrected chi connectivity index (χ0v) is 16.5. The van der Waals surface area contributed by atoms with Crippen LogP contribution < -0.4 is 10.6 Å². The van der Waals surface area contributed by atoms with Gasteiger partial charge in [-0.3, -0.25) is 15.1 Å². The fourth-order valence-electron chi connectivity index (χ4n) is 2.58. The summed E-state index contributed by atoms with van der Waals surface area (Å²) in [7, 11) is 0. The number of hydrogen-bond acceptors (Lipinski definition) is 3. The third kappa shape index (κ3) is 5.41. The lowest BCUT2D eigenvalue weighted by atomic mass is 10.1. The van der Waals surface area contributed by atoms with Gasteiger partial charge in [-0.2, -0.15) is 0 Å². The van der Waals surface area contributed by atoms with Crippen LogP contribution in [0.4, 0.5) is 5.69 Å². The fourth-order valence-corrected chi connectivity index (χ4v) is 2.76. The van der Waals surface area contributed by atoms with Crippen LogP contribution in [-0.4, -0.2) is 16.9 Å². The predicted octanol–water partition coefficient (Wildman–Crippen LogP) is 4.75. The van der Waals surface area contributed by atoms with Gasteiger partial charge < -0.3 is 5.32 Å². The first-order valence-electron chi connectivity index (χ1n) is 8.87. The second-order valence-electron chi connectivity index (χ2n) is 6.39. The minimum absolute atomic E-state index is 0.240. The molecule has 0 saturated heterocycles. The first-order valence-corrected chi connectivity index (χ1v) is 9.24. The van der Waals surface area contributed by atoms with Crippen molar-refractivity contribution in [3.05, 3.63) is 94.3 Å². The molecule has 28 heavy (non-hydrogen) atoms. The van der Waals surface area contributed by atoms with Crippen LogP contribution in [0, 0.1) is 13.8 Å². The number of aliphatic imine (C=N–C) groups is 1. The number of aryl methyl sites for hydroxylation is 2. The number of hydrogen-bond donors (Lipinski definition) is 2. The Balaban J connectivity index is 1.85. The number of benzene rings is 2. The summed E-state index contributed by atoms with van der Waals surface area (Å²) in [5.74, 6) is 0.0955. The van der Waals surface area contributed by atoms with Gasteiger partial charge in [0.2, 0.25) is 5.96 Å². The maximum Gasteiger partial charge on any atom is 0.257 e. The molecule has 0 spiro atoms. The summed E-state index contributed by atoms with van der Waals surface area (Å²) in [5.41, 5.74) is 4.14. The lowest BCUT2D eigenvalue weighted by molar-refractivity contribution is 0.0977. The van der Waals surface area contributed by atoms with E-state index in [0.717, 1.165) is 22.5 Å².